The molecule has 3 nitrogen and oxygen atoms in total. The minimum atomic E-state index is 0.197. The van der Waals surface area contributed by atoms with Crippen molar-refractivity contribution >= 4 is 38.4 Å². The van der Waals surface area contributed by atoms with E-state index in [0.29, 0.717) is 0 Å². The Kier molecular flexibility index (Phi) is 3.61. The molecule has 1 aromatic heterocycles. The summed E-state index contributed by atoms with van der Waals surface area (Å²) >= 11 is 0. The van der Waals surface area contributed by atoms with Crippen LogP contribution in [0.2, 0.25) is 0 Å². The van der Waals surface area contributed by atoms with Gasteiger partial charge < -0.3 is 14.6 Å². The molecule has 0 saturated heterocycles. The molecule has 0 bridgehead atoms. The number of nitrogens with one attached hydrogen (secondary N) is 1. The summed E-state index contributed by atoms with van der Waals surface area (Å²) in [5.74, 6) is 0. The first-order chi connectivity index (χ1) is 15.8. The second-order valence-electron chi connectivity index (χ2n) is 8.33. The van der Waals surface area contributed by atoms with Gasteiger partial charge in [0.2, 0.25) is 0 Å². The van der Waals surface area contributed by atoms with Crippen LogP contribution in [0.15, 0.2) is 114 Å². The van der Waals surface area contributed by atoms with Crippen LogP contribution in [-0.4, -0.2) is 11.1 Å². The Hall–Kier alpha value is -4.24. The molecule has 0 radical (unpaired) electrons. The van der Waals surface area contributed by atoms with Gasteiger partial charge in [0, 0.05) is 28.7 Å². The van der Waals surface area contributed by atoms with Gasteiger partial charge in [0.25, 0.3) is 0 Å². The number of nitrogens with zero attached hydrogens (tertiary/aromatic N) is 1. The van der Waals surface area contributed by atoms with Crippen LogP contribution in [0.25, 0.3) is 49.5 Å². The van der Waals surface area contributed by atoms with Crippen LogP contribution < -0.4 is 5.32 Å². The van der Waals surface area contributed by atoms with Crippen LogP contribution in [0.4, 0.5) is 0 Å². The Morgan fingerprint density at radius 3 is 2.41 bits per heavy atom. The largest absolute Gasteiger partial charge is 0.455 e. The van der Waals surface area contributed by atoms with Crippen molar-refractivity contribution in [2.45, 2.75) is 6.17 Å². The summed E-state index contributed by atoms with van der Waals surface area (Å²) in [5.41, 5.74) is 6.48. The summed E-state index contributed by atoms with van der Waals surface area (Å²) in [7, 11) is 0. The van der Waals surface area contributed by atoms with Gasteiger partial charge >= 0.3 is 0 Å². The Balaban J connectivity index is 1.40. The zero-order valence-corrected chi connectivity index (χ0v) is 17.3. The fourth-order valence-corrected chi connectivity index (χ4v) is 4.89. The van der Waals surface area contributed by atoms with Crippen molar-refractivity contribution in [2.24, 2.45) is 0 Å². The lowest BCUT2D eigenvalue weighted by Gasteiger charge is -2.20. The molecule has 1 N–H and O–H groups in total. The van der Waals surface area contributed by atoms with E-state index in [4.69, 9.17) is 4.42 Å². The van der Waals surface area contributed by atoms with E-state index < -0.39 is 0 Å². The quantitative estimate of drug-likeness (QED) is 0.338. The highest BCUT2D eigenvalue weighted by atomic mass is 16.3. The molecule has 0 aliphatic carbocycles. The average molecular weight is 412 g/mol. The van der Waals surface area contributed by atoms with Gasteiger partial charge in [0.1, 0.15) is 17.3 Å². The average Bonchev–Trinajstić information content (AvgIpc) is 3.44. The lowest BCUT2D eigenvalue weighted by atomic mass is 9.94. The first kappa shape index (κ1) is 17.4. The predicted molar refractivity (Wildman–Crippen MR) is 132 cm³/mol. The number of rotatable bonds is 2. The van der Waals surface area contributed by atoms with Gasteiger partial charge in [-0.3, -0.25) is 0 Å². The van der Waals surface area contributed by atoms with E-state index in [0.717, 1.165) is 38.8 Å². The number of para-hydroxylation sites is 1. The third kappa shape index (κ3) is 2.55. The normalized spacial score (nSPS) is 17.2. The highest BCUT2D eigenvalue weighted by Crippen LogP contribution is 2.41. The van der Waals surface area contributed by atoms with Crippen LogP contribution >= 0.6 is 0 Å². The van der Waals surface area contributed by atoms with Crippen molar-refractivity contribution in [3.05, 3.63) is 115 Å². The standard InChI is InChI=1S/C29H20N2O/c1-2-8-22-21(7-1)17-24-23-9-3-4-10-26(23)32-29(24)28(22)20-14-12-19(13-15-20)25-18-31-16-6-5-11-27(31)30-25/h1-18,27,30H. The summed E-state index contributed by atoms with van der Waals surface area (Å²) in [5, 5.41) is 8.32. The number of furan rings is 1. The minimum Gasteiger partial charge on any atom is -0.455 e. The number of hydrogen-bond donors (Lipinski definition) is 1. The summed E-state index contributed by atoms with van der Waals surface area (Å²) in [6.07, 6.45) is 10.7. The van der Waals surface area contributed by atoms with Gasteiger partial charge in [-0.05, 0) is 46.2 Å². The van der Waals surface area contributed by atoms with Crippen LogP contribution in [-0.2, 0) is 0 Å². The lowest BCUT2D eigenvalue weighted by molar-refractivity contribution is 0.427. The fourth-order valence-electron chi connectivity index (χ4n) is 4.89. The summed E-state index contributed by atoms with van der Waals surface area (Å²) in [6, 6.07) is 27.9. The number of fused-ring (bicyclic) bond motifs is 5. The van der Waals surface area contributed by atoms with Gasteiger partial charge in [-0.1, -0.05) is 72.8 Å². The van der Waals surface area contributed by atoms with Crippen molar-refractivity contribution in [3.63, 3.8) is 0 Å². The minimum absolute atomic E-state index is 0.197. The highest BCUT2D eigenvalue weighted by Gasteiger charge is 2.22. The van der Waals surface area contributed by atoms with Crippen LogP contribution in [0.5, 0.6) is 0 Å². The molecule has 0 amide bonds. The molecule has 1 unspecified atom stereocenters. The fraction of sp³-hybridized carbons (Fsp3) is 0.0345. The van der Waals surface area contributed by atoms with Gasteiger partial charge in [-0.25, -0.2) is 0 Å². The van der Waals surface area contributed by atoms with Crippen LogP contribution in [0.1, 0.15) is 5.56 Å². The van der Waals surface area contributed by atoms with Crippen molar-refractivity contribution in [1.82, 2.24) is 10.2 Å². The summed E-state index contributed by atoms with van der Waals surface area (Å²) in [4.78, 5) is 2.19. The van der Waals surface area contributed by atoms with Gasteiger partial charge in [0.15, 0.2) is 0 Å². The van der Waals surface area contributed by atoms with Crippen LogP contribution in [0, 0.1) is 0 Å². The van der Waals surface area contributed by atoms with E-state index in [1.807, 2.05) is 12.1 Å². The first-order valence-electron chi connectivity index (χ1n) is 10.9. The molecule has 4 aromatic carbocycles. The first-order valence-corrected chi connectivity index (χ1v) is 10.9. The molecule has 32 heavy (non-hydrogen) atoms. The second kappa shape index (κ2) is 6.63. The third-order valence-electron chi connectivity index (χ3n) is 6.44. The molecule has 1 atom stereocenters. The SMILES string of the molecule is C1=CC2NC(c3ccc(-c4c5ccccc5cc5c4oc4ccccc45)cc3)=CN2C=C1. The molecule has 152 valence electrons. The number of benzene rings is 4. The zero-order valence-electron chi connectivity index (χ0n) is 17.3. The maximum Gasteiger partial charge on any atom is 0.143 e. The molecule has 0 spiro atoms. The van der Waals surface area contributed by atoms with Crippen molar-refractivity contribution < 1.29 is 4.42 Å². The smallest absolute Gasteiger partial charge is 0.143 e. The summed E-state index contributed by atoms with van der Waals surface area (Å²) < 4.78 is 6.39. The summed E-state index contributed by atoms with van der Waals surface area (Å²) in [6.45, 7) is 0. The van der Waals surface area contributed by atoms with Gasteiger partial charge in [-0.15, -0.1) is 0 Å². The molecule has 5 aromatic rings. The highest BCUT2D eigenvalue weighted by molar-refractivity contribution is 6.18. The lowest BCUT2D eigenvalue weighted by Crippen LogP contribution is -2.31. The molecular formula is C29H20N2O. The second-order valence-corrected chi connectivity index (χ2v) is 8.33. The van der Waals surface area contributed by atoms with E-state index in [2.05, 4.69) is 108 Å². The Morgan fingerprint density at radius 2 is 1.53 bits per heavy atom. The molecule has 2 aliphatic rings. The zero-order chi connectivity index (χ0) is 21.1. The molecule has 3 heteroatoms. The Bertz CT molecular complexity index is 1600. The monoisotopic (exact) mass is 412 g/mol. The predicted octanol–water partition coefficient (Wildman–Crippen LogP) is 7.02. The van der Waals surface area contributed by atoms with Crippen molar-refractivity contribution in [2.75, 3.05) is 0 Å². The molecule has 7 rings (SSSR count). The maximum absolute atomic E-state index is 6.39. The van der Waals surface area contributed by atoms with E-state index in [1.54, 1.807) is 0 Å². The molecular weight excluding hydrogens is 392 g/mol. The van der Waals surface area contributed by atoms with E-state index in [-0.39, 0.29) is 6.17 Å². The Labute approximate surface area is 185 Å². The topological polar surface area (TPSA) is 28.4 Å². The van der Waals surface area contributed by atoms with E-state index in [9.17, 15) is 0 Å². The molecule has 3 heterocycles. The number of allylic oxidation sites excluding steroid dienone is 2. The molecule has 2 aliphatic heterocycles. The Morgan fingerprint density at radius 1 is 0.750 bits per heavy atom. The van der Waals surface area contributed by atoms with E-state index in [1.165, 1.54) is 16.3 Å². The molecule has 0 saturated carbocycles. The van der Waals surface area contributed by atoms with Crippen molar-refractivity contribution in [1.29, 1.82) is 0 Å². The van der Waals surface area contributed by atoms with Crippen molar-refractivity contribution in [3.8, 4) is 11.1 Å². The van der Waals surface area contributed by atoms with E-state index >= 15 is 0 Å². The maximum atomic E-state index is 6.39. The van der Waals surface area contributed by atoms with Gasteiger partial charge in [-0.2, -0.15) is 0 Å². The van der Waals surface area contributed by atoms with Crippen LogP contribution in [0.3, 0.4) is 0 Å². The van der Waals surface area contributed by atoms with Gasteiger partial charge in [0.05, 0.1) is 5.70 Å². The third-order valence-corrected chi connectivity index (χ3v) is 6.44. The number of hydrogen-bond acceptors (Lipinski definition) is 3. The molecule has 0 fully saturated rings.